The molecule has 10 heteroatoms. The molecule has 1 saturated heterocycles. The Kier molecular flexibility index (Phi) is 5.97. The summed E-state index contributed by atoms with van der Waals surface area (Å²) in [5.41, 5.74) is -5.74. The summed E-state index contributed by atoms with van der Waals surface area (Å²) in [4.78, 5) is 32.3. The second kappa shape index (κ2) is 8.59. The van der Waals surface area contributed by atoms with Crippen LogP contribution in [0.4, 0.5) is 18.9 Å². The average Bonchev–Trinajstić information content (AvgIpc) is 3.36. The first-order chi connectivity index (χ1) is 17.9. The molecule has 1 aromatic carbocycles. The number of ketones is 1. The summed E-state index contributed by atoms with van der Waals surface area (Å²) >= 11 is 6.69. The number of aliphatic hydroxyl groups is 1. The van der Waals surface area contributed by atoms with Gasteiger partial charge in [0.15, 0.2) is 17.1 Å². The molecular formula is C28H29ClF3NO4S. The lowest BCUT2D eigenvalue weighted by atomic mass is 9.44. The van der Waals surface area contributed by atoms with E-state index in [1.807, 2.05) is 0 Å². The molecule has 1 N–H and O–H groups in total. The van der Waals surface area contributed by atoms with E-state index in [1.54, 1.807) is 43.2 Å². The van der Waals surface area contributed by atoms with E-state index in [4.69, 9.17) is 16.4 Å². The average molecular weight is 568 g/mol. The van der Waals surface area contributed by atoms with E-state index >= 15 is 8.78 Å². The summed E-state index contributed by atoms with van der Waals surface area (Å²) in [6.45, 7) is 3.61. The van der Waals surface area contributed by atoms with Gasteiger partial charge in [-0.1, -0.05) is 42.4 Å². The van der Waals surface area contributed by atoms with Crippen molar-refractivity contribution in [2.75, 3.05) is 17.6 Å². The molecule has 5 nitrogen and oxygen atoms in total. The molecule has 0 unspecified atom stereocenters. The van der Waals surface area contributed by atoms with Gasteiger partial charge in [0.2, 0.25) is 5.12 Å². The Morgan fingerprint density at radius 3 is 2.76 bits per heavy atom. The fourth-order valence-corrected chi connectivity index (χ4v) is 9.47. The highest BCUT2D eigenvalue weighted by Crippen LogP contribution is 2.73. The minimum Gasteiger partial charge on any atom is -0.390 e. The highest BCUT2D eigenvalue weighted by Gasteiger charge is 2.79. The van der Waals surface area contributed by atoms with Crippen molar-refractivity contribution < 1.29 is 32.7 Å². The number of rotatable bonds is 3. The molecule has 5 aliphatic rings. The fourth-order valence-electron chi connectivity index (χ4n) is 8.53. The van der Waals surface area contributed by atoms with Crippen molar-refractivity contribution in [3.8, 4) is 0 Å². The van der Waals surface area contributed by atoms with Gasteiger partial charge in [0.05, 0.1) is 18.3 Å². The standard InChI is InChI=1S/C28H29ClF3NO4S/c1-25-7-6-18(34)10-21(25)22(31)11-20-19-8-15-13-33(17-5-3-4-16(29)9-17)37-28(15,24(36)38-14-30)26(19,2)12-23(35)27(20,25)32/h3-7,9-10,15,19-20,22-23,35H,8,11-14H2,1-2H3/t15-,19-,20-,22-,23-,25-,26-,27-,28-/m0/s1. The van der Waals surface area contributed by atoms with Gasteiger partial charge in [0.25, 0.3) is 0 Å². The Morgan fingerprint density at radius 2 is 2.05 bits per heavy atom. The van der Waals surface area contributed by atoms with Gasteiger partial charge in [0.1, 0.15) is 12.2 Å². The van der Waals surface area contributed by atoms with Crippen molar-refractivity contribution in [1.29, 1.82) is 0 Å². The lowest BCUT2D eigenvalue weighted by Gasteiger charge is -2.63. The van der Waals surface area contributed by atoms with Crippen LogP contribution in [0.5, 0.6) is 0 Å². The highest BCUT2D eigenvalue weighted by molar-refractivity contribution is 8.13. The van der Waals surface area contributed by atoms with E-state index in [9.17, 15) is 19.1 Å². The SMILES string of the molecule is C[C@]12C=CC(=O)C=C1[C@@H](F)C[C@H]1[C@@H]3C[C@H]4CN(c5cccc(Cl)c5)O[C@@]4(C(=O)SCF)[C@@]3(C)C[C@H](O)[C@@]12F. The Hall–Kier alpha value is -1.81. The number of thioether (sulfide) groups is 1. The second-order valence-electron chi connectivity index (χ2n) is 11.7. The molecule has 4 aliphatic carbocycles. The van der Waals surface area contributed by atoms with Gasteiger partial charge in [-0.15, -0.1) is 0 Å². The summed E-state index contributed by atoms with van der Waals surface area (Å²) in [5, 5.41) is 13.1. The summed E-state index contributed by atoms with van der Waals surface area (Å²) in [5.74, 6) is -2.31. The minimum atomic E-state index is -2.26. The number of hydrogen-bond donors (Lipinski definition) is 1. The lowest BCUT2D eigenvalue weighted by molar-refractivity contribution is -0.225. The van der Waals surface area contributed by atoms with Crippen LogP contribution in [0, 0.1) is 28.6 Å². The van der Waals surface area contributed by atoms with Crippen LogP contribution in [0.15, 0.2) is 48.1 Å². The quantitative estimate of drug-likeness (QED) is 0.516. The number of hydroxylamine groups is 1. The largest absolute Gasteiger partial charge is 0.390 e. The number of aliphatic hydroxyl groups excluding tert-OH is 1. The van der Waals surface area contributed by atoms with Crippen molar-refractivity contribution in [3.63, 3.8) is 0 Å². The number of anilines is 1. The molecular weight excluding hydrogens is 539 g/mol. The van der Waals surface area contributed by atoms with E-state index in [1.165, 1.54) is 12.2 Å². The van der Waals surface area contributed by atoms with Crippen LogP contribution in [0.2, 0.25) is 5.02 Å². The molecule has 204 valence electrons. The number of allylic oxidation sites excluding steroid dienone is 4. The van der Waals surface area contributed by atoms with Crippen LogP contribution in [-0.2, 0) is 14.4 Å². The van der Waals surface area contributed by atoms with Crippen LogP contribution in [0.25, 0.3) is 0 Å². The molecule has 1 heterocycles. The van der Waals surface area contributed by atoms with Gasteiger partial charge in [-0.3, -0.25) is 19.5 Å². The van der Waals surface area contributed by atoms with Crippen molar-refractivity contribution in [2.45, 2.75) is 56.7 Å². The third-order valence-corrected chi connectivity index (χ3v) is 11.1. The maximum Gasteiger partial charge on any atom is 0.226 e. The number of hydrogen-bond acceptors (Lipinski definition) is 6. The molecule has 1 aromatic rings. The number of carbonyl (C=O) groups excluding carboxylic acids is 2. The molecule has 0 aromatic heterocycles. The number of benzene rings is 1. The maximum absolute atomic E-state index is 17.4. The Morgan fingerprint density at radius 1 is 1.29 bits per heavy atom. The van der Waals surface area contributed by atoms with Gasteiger partial charge in [-0.2, -0.15) is 0 Å². The minimum absolute atomic E-state index is 0.0479. The molecule has 38 heavy (non-hydrogen) atoms. The van der Waals surface area contributed by atoms with E-state index in [0.717, 1.165) is 6.08 Å². The number of fused-ring (bicyclic) bond motifs is 7. The number of nitrogens with zero attached hydrogens (tertiary/aromatic N) is 1. The maximum atomic E-state index is 17.4. The molecule has 4 fully saturated rings. The topological polar surface area (TPSA) is 66.8 Å². The molecule has 1 aliphatic heterocycles. The predicted molar refractivity (Wildman–Crippen MR) is 139 cm³/mol. The number of halogens is 4. The van der Waals surface area contributed by atoms with Crippen molar-refractivity contribution >= 4 is 39.9 Å². The Balaban J connectivity index is 1.45. The van der Waals surface area contributed by atoms with Gasteiger partial charge in [-0.05, 0) is 68.0 Å². The first kappa shape index (κ1) is 26.4. The summed E-state index contributed by atoms with van der Waals surface area (Å²) in [6.07, 6.45) is 0.623. The Bertz CT molecular complexity index is 1280. The zero-order valence-electron chi connectivity index (χ0n) is 21.0. The number of carbonyl (C=O) groups is 2. The van der Waals surface area contributed by atoms with Gasteiger partial charge >= 0.3 is 0 Å². The molecule has 0 amide bonds. The smallest absolute Gasteiger partial charge is 0.226 e. The molecule has 3 saturated carbocycles. The third kappa shape index (κ3) is 3.16. The summed E-state index contributed by atoms with van der Waals surface area (Å²) in [6, 6.07) is 6.00. The predicted octanol–water partition coefficient (Wildman–Crippen LogP) is 5.56. The first-order valence-corrected chi connectivity index (χ1v) is 14.2. The van der Waals surface area contributed by atoms with Crippen LogP contribution < -0.4 is 5.06 Å². The molecule has 6 rings (SSSR count). The van der Waals surface area contributed by atoms with Gasteiger partial charge in [0, 0.05) is 27.7 Å². The first-order valence-electron chi connectivity index (χ1n) is 12.8. The van der Waals surface area contributed by atoms with Gasteiger partial charge in [-0.25, -0.2) is 13.2 Å². The van der Waals surface area contributed by atoms with Crippen LogP contribution in [0.1, 0.15) is 33.1 Å². The summed E-state index contributed by atoms with van der Waals surface area (Å²) in [7, 11) is 0. The normalized spacial score (nSPS) is 45.2. The van der Waals surface area contributed by atoms with E-state index in [-0.39, 0.29) is 25.0 Å². The number of alkyl halides is 3. The Labute approximate surface area is 228 Å². The van der Waals surface area contributed by atoms with Crippen molar-refractivity contribution in [1.82, 2.24) is 0 Å². The van der Waals surface area contributed by atoms with E-state index < -0.39 is 69.0 Å². The van der Waals surface area contributed by atoms with E-state index in [2.05, 4.69) is 0 Å². The molecule has 9 atom stereocenters. The lowest BCUT2D eigenvalue weighted by Crippen LogP contribution is -2.70. The molecule has 0 radical (unpaired) electrons. The monoisotopic (exact) mass is 567 g/mol. The zero-order valence-corrected chi connectivity index (χ0v) is 22.6. The van der Waals surface area contributed by atoms with Crippen LogP contribution >= 0.6 is 23.4 Å². The zero-order chi connectivity index (χ0) is 27.3. The van der Waals surface area contributed by atoms with Crippen molar-refractivity contribution in [2.24, 2.45) is 28.6 Å². The molecule has 0 spiro atoms. The van der Waals surface area contributed by atoms with Gasteiger partial charge < -0.3 is 5.11 Å². The fraction of sp³-hybridized carbons (Fsp3) is 0.571. The second-order valence-corrected chi connectivity index (χ2v) is 13.0. The van der Waals surface area contributed by atoms with Crippen molar-refractivity contribution in [3.05, 3.63) is 53.1 Å². The highest BCUT2D eigenvalue weighted by atomic mass is 35.5. The molecule has 0 bridgehead atoms. The van der Waals surface area contributed by atoms with Crippen LogP contribution in [-0.4, -0.2) is 52.1 Å². The van der Waals surface area contributed by atoms with E-state index in [0.29, 0.717) is 28.9 Å². The van der Waals surface area contributed by atoms with Crippen LogP contribution in [0.3, 0.4) is 0 Å². The summed E-state index contributed by atoms with van der Waals surface area (Å²) < 4.78 is 46.7. The third-order valence-electron chi connectivity index (χ3n) is 10.2.